The normalized spacial score (nSPS) is 11.0. The molecule has 0 saturated carbocycles. The summed E-state index contributed by atoms with van der Waals surface area (Å²) >= 11 is 3.35. The molecule has 1 aromatic carbocycles. The zero-order chi connectivity index (χ0) is 12.0. The lowest BCUT2D eigenvalue weighted by Gasteiger charge is -2.08. The fraction of sp³-hybridized carbons (Fsp3) is 0.0769. The number of halogens is 1. The van der Waals surface area contributed by atoms with Crippen LogP contribution in [-0.2, 0) is 6.61 Å². The first-order valence-electron chi connectivity index (χ1n) is 4.73. The largest absolute Gasteiger partial charge is 0.457 e. The van der Waals surface area contributed by atoms with E-state index in [9.17, 15) is 0 Å². The summed E-state index contributed by atoms with van der Waals surface area (Å²) in [6.07, 6.45) is 4.96. The minimum Gasteiger partial charge on any atom is -0.457 e. The van der Waals surface area contributed by atoms with E-state index in [1.54, 1.807) is 36.4 Å². The van der Waals surface area contributed by atoms with Gasteiger partial charge in [-0.2, -0.15) is 0 Å². The van der Waals surface area contributed by atoms with Crippen molar-refractivity contribution >= 4 is 15.9 Å². The van der Waals surface area contributed by atoms with Crippen molar-refractivity contribution in [3.63, 3.8) is 0 Å². The van der Waals surface area contributed by atoms with Gasteiger partial charge < -0.3 is 9.84 Å². The van der Waals surface area contributed by atoms with Crippen molar-refractivity contribution in [2.75, 3.05) is 0 Å². The first-order valence-corrected chi connectivity index (χ1v) is 5.53. The lowest BCUT2D eigenvalue weighted by molar-refractivity contribution is 0.281. The van der Waals surface area contributed by atoms with E-state index in [4.69, 9.17) is 9.84 Å². The lowest BCUT2D eigenvalue weighted by Crippen LogP contribution is -1.93. The molecule has 0 aliphatic rings. The van der Waals surface area contributed by atoms with Crippen LogP contribution >= 0.6 is 15.9 Å². The molecule has 0 aromatic heterocycles. The summed E-state index contributed by atoms with van der Waals surface area (Å²) < 4.78 is 6.36. The standard InChI is InChI=1S/C13H13BrO2/c1-3-5-11(4-2)16-12-7-6-10(9-15)13(14)8-12/h3-8,15H,1-2,9H2/b11-5+. The van der Waals surface area contributed by atoms with E-state index in [2.05, 4.69) is 29.1 Å². The Morgan fingerprint density at radius 1 is 1.44 bits per heavy atom. The summed E-state index contributed by atoms with van der Waals surface area (Å²) in [5.74, 6) is 1.30. The maximum absolute atomic E-state index is 9.01. The molecule has 0 aliphatic heterocycles. The predicted molar refractivity (Wildman–Crippen MR) is 69.2 cm³/mol. The van der Waals surface area contributed by atoms with E-state index >= 15 is 0 Å². The molecule has 2 nitrogen and oxygen atoms in total. The van der Waals surface area contributed by atoms with Gasteiger partial charge in [0.25, 0.3) is 0 Å². The van der Waals surface area contributed by atoms with Gasteiger partial charge in [-0.25, -0.2) is 0 Å². The van der Waals surface area contributed by atoms with Gasteiger partial charge in [-0.15, -0.1) is 0 Å². The van der Waals surface area contributed by atoms with Gasteiger partial charge in [0.15, 0.2) is 0 Å². The summed E-state index contributed by atoms with van der Waals surface area (Å²) in [5, 5.41) is 9.01. The van der Waals surface area contributed by atoms with Gasteiger partial charge in [0.2, 0.25) is 0 Å². The number of aliphatic hydroxyl groups is 1. The minimum atomic E-state index is -0.00231. The summed E-state index contributed by atoms with van der Waals surface area (Å²) in [6.45, 7) is 7.23. The molecule has 0 amide bonds. The van der Waals surface area contributed by atoms with E-state index < -0.39 is 0 Å². The molecular weight excluding hydrogens is 268 g/mol. The summed E-state index contributed by atoms with van der Waals surface area (Å²) in [4.78, 5) is 0. The Morgan fingerprint density at radius 2 is 2.19 bits per heavy atom. The number of allylic oxidation sites excluding steroid dienone is 3. The topological polar surface area (TPSA) is 29.5 Å². The van der Waals surface area contributed by atoms with E-state index in [1.807, 2.05) is 0 Å². The number of hydrogen-bond acceptors (Lipinski definition) is 2. The molecule has 0 unspecified atom stereocenters. The van der Waals surface area contributed by atoms with Gasteiger partial charge >= 0.3 is 0 Å². The van der Waals surface area contributed by atoms with Crippen molar-refractivity contribution in [2.45, 2.75) is 6.61 Å². The Morgan fingerprint density at radius 3 is 2.69 bits per heavy atom. The number of rotatable bonds is 5. The molecule has 0 aliphatic carbocycles. The molecule has 0 heterocycles. The first-order chi connectivity index (χ1) is 7.71. The Labute approximate surface area is 104 Å². The first kappa shape index (κ1) is 12.7. The van der Waals surface area contributed by atoms with Gasteiger partial charge in [-0.3, -0.25) is 0 Å². The molecule has 3 heteroatoms. The average Bonchev–Trinajstić information content (AvgIpc) is 2.28. The fourth-order valence-electron chi connectivity index (χ4n) is 1.12. The van der Waals surface area contributed by atoms with E-state index in [0.29, 0.717) is 11.5 Å². The molecule has 1 N–H and O–H groups in total. The van der Waals surface area contributed by atoms with Crippen LogP contribution in [0.3, 0.4) is 0 Å². The van der Waals surface area contributed by atoms with Crippen molar-refractivity contribution < 1.29 is 9.84 Å². The SMILES string of the molecule is C=C/C=C(\C=C)Oc1ccc(CO)c(Br)c1. The molecule has 0 fully saturated rings. The van der Waals surface area contributed by atoms with Gasteiger partial charge in [-0.1, -0.05) is 41.2 Å². The quantitative estimate of drug-likeness (QED) is 0.660. The fourth-order valence-corrected chi connectivity index (χ4v) is 1.60. The van der Waals surface area contributed by atoms with E-state index in [0.717, 1.165) is 10.0 Å². The van der Waals surface area contributed by atoms with Gasteiger partial charge in [0, 0.05) is 4.47 Å². The van der Waals surface area contributed by atoms with Crippen molar-refractivity contribution in [3.8, 4) is 5.75 Å². The molecule has 0 saturated heterocycles. The third kappa shape index (κ3) is 3.36. The van der Waals surface area contributed by atoms with Crippen LogP contribution in [0.25, 0.3) is 0 Å². The van der Waals surface area contributed by atoms with Crippen LogP contribution in [0.4, 0.5) is 0 Å². The second-order valence-electron chi connectivity index (χ2n) is 3.02. The maximum Gasteiger partial charge on any atom is 0.128 e. The van der Waals surface area contributed by atoms with Crippen LogP contribution in [-0.4, -0.2) is 5.11 Å². The molecule has 0 bridgehead atoms. The Hall–Kier alpha value is -1.32. The van der Waals surface area contributed by atoms with Crippen LogP contribution in [0.1, 0.15) is 5.56 Å². The van der Waals surface area contributed by atoms with Crippen molar-refractivity contribution in [1.29, 1.82) is 0 Å². The highest BCUT2D eigenvalue weighted by molar-refractivity contribution is 9.10. The Kier molecular flexibility index (Phi) is 5.02. The smallest absolute Gasteiger partial charge is 0.128 e. The lowest BCUT2D eigenvalue weighted by atomic mass is 10.2. The van der Waals surface area contributed by atoms with Crippen molar-refractivity contribution in [3.05, 3.63) is 65.4 Å². The number of ether oxygens (including phenoxy) is 1. The van der Waals surface area contributed by atoms with Gasteiger partial charge in [0.05, 0.1) is 6.61 Å². The zero-order valence-electron chi connectivity index (χ0n) is 8.82. The third-order valence-corrected chi connectivity index (χ3v) is 2.65. The van der Waals surface area contributed by atoms with Crippen LogP contribution in [0, 0.1) is 0 Å². The number of benzene rings is 1. The maximum atomic E-state index is 9.01. The minimum absolute atomic E-state index is 0.00231. The van der Waals surface area contributed by atoms with E-state index in [1.165, 1.54) is 0 Å². The van der Waals surface area contributed by atoms with Gasteiger partial charge in [-0.05, 0) is 29.8 Å². The second kappa shape index (κ2) is 6.30. The third-order valence-electron chi connectivity index (χ3n) is 1.91. The Balaban J connectivity index is 2.90. The Bertz CT molecular complexity index is 422. The van der Waals surface area contributed by atoms with Crippen molar-refractivity contribution in [2.24, 2.45) is 0 Å². The molecule has 16 heavy (non-hydrogen) atoms. The monoisotopic (exact) mass is 280 g/mol. The predicted octanol–water partition coefficient (Wildman–Crippen LogP) is 3.58. The summed E-state index contributed by atoms with van der Waals surface area (Å²) in [7, 11) is 0. The highest BCUT2D eigenvalue weighted by Crippen LogP contribution is 2.24. The molecule has 84 valence electrons. The molecule has 0 spiro atoms. The van der Waals surface area contributed by atoms with Crippen LogP contribution < -0.4 is 4.74 Å². The molecule has 0 radical (unpaired) electrons. The zero-order valence-corrected chi connectivity index (χ0v) is 10.4. The molecule has 0 atom stereocenters. The second-order valence-corrected chi connectivity index (χ2v) is 3.88. The number of hydrogen-bond donors (Lipinski definition) is 1. The number of aliphatic hydroxyl groups excluding tert-OH is 1. The summed E-state index contributed by atoms with van der Waals surface area (Å²) in [5.41, 5.74) is 0.820. The average molecular weight is 281 g/mol. The van der Waals surface area contributed by atoms with Crippen molar-refractivity contribution in [1.82, 2.24) is 0 Å². The van der Waals surface area contributed by atoms with Gasteiger partial charge in [0.1, 0.15) is 11.5 Å². The van der Waals surface area contributed by atoms with Crippen LogP contribution in [0.15, 0.2) is 59.8 Å². The molecule has 1 rings (SSSR count). The molecular formula is C13H13BrO2. The van der Waals surface area contributed by atoms with E-state index in [-0.39, 0.29) is 6.61 Å². The summed E-state index contributed by atoms with van der Waals surface area (Å²) in [6, 6.07) is 5.39. The highest BCUT2D eigenvalue weighted by atomic mass is 79.9. The molecule has 1 aromatic rings. The highest BCUT2D eigenvalue weighted by Gasteiger charge is 2.02. The van der Waals surface area contributed by atoms with Crippen LogP contribution in [0.2, 0.25) is 0 Å². The van der Waals surface area contributed by atoms with Crippen LogP contribution in [0.5, 0.6) is 5.75 Å².